The summed E-state index contributed by atoms with van der Waals surface area (Å²) in [6.45, 7) is 4.73. The largest absolute Gasteiger partial charge is 0.357 e. The number of anilines is 1. The number of imidazole rings is 1. The molecular weight excluding hydrogens is 515 g/mol. The third kappa shape index (κ3) is 6.09. The molecule has 0 bridgehead atoms. The monoisotopic (exact) mass is 544 g/mol. The van der Waals surface area contributed by atoms with Gasteiger partial charge in [-0.3, -0.25) is 4.79 Å². The van der Waals surface area contributed by atoms with Crippen LogP contribution in [0.4, 0.5) is 5.69 Å². The zero-order valence-corrected chi connectivity index (χ0v) is 20.5. The third-order valence-electron chi connectivity index (χ3n) is 5.22. The molecule has 3 N–H and O–H groups in total. The van der Waals surface area contributed by atoms with E-state index in [0.717, 1.165) is 53.8 Å². The van der Waals surface area contributed by atoms with Gasteiger partial charge in [-0.1, -0.05) is 42.5 Å². The normalized spacial score (nSPS) is 13.7. The predicted molar refractivity (Wildman–Crippen MR) is 139 cm³/mol. The molecule has 0 aliphatic carbocycles. The van der Waals surface area contributed by atoms with Crippen LogP contribution < -0.4 is 15.5 Å². The summed E-state index contributed by atoms with van der Waals surface area (Å²) in [6, 6.07) is 18.2. The Balaban J connectivity index is 0.00000289. The first-order valence-electron chi connectivity index (χ1n) is 10.7. The van der Waals surface area contributed by atoms with E-state index < -0.39 is 0 Å². The van der Waals surface area contributed by atoms with Gasteiger partial charge >= 0.3 is 0 Å². The van der Waals surface area contributed by atoms with Crippen molar-refractivity contribution in [2.75, 3.05) is 18.0 Å². The van der Waals surface area contributed by atoms with E-state index in [-0.39, 0.29) is 29.9 Å². The van der Waals surface area contributed by atoms with E-state index in [9.17, 15) is 4.79 Å². The fourth-order valence-electron chi connectivity index (χ4n) is 3.60. The van der Waals surface area contributed by atoms with Crippen molar-refractivity contribution in [2.45, 2.75) is 32.9 Å². The van der Waals surface area contributed by atoms with Crippen LogP contribution in [-0.2, 0) is 17.9 Å². The van der Waals surface area contributed by atoms with Gasteiger partial charge < -0.3 is 20.5 Å². The highest BCUT2D eigenvalue weighted by molar-refractivity contribution is 14.0. The number of carbonyl (C=O) groups excluding carboxylic acids is 1. The predicted octanol–water partition coefficient (Wildman–Crippen LogP) is 4.08. The highest BCUT2D eigenvalue weighted by Crippen LogP contribution is 2.21. The van der Waals surface area contributed by atoms with Crippen LogP contribution >= 0.6 is 24.0 Å². The maximum atomic E-state index is 11.9. The Kier molecular flexibility index (Phi) is 8.66. The summed E-state index contributed by atoms with van der Waals surface area (Å²) in [5, 5.41) is 6.59. The third-order valence-corrected chi connectivity index (χ3v) is 5.22. The number of rotatable bonds is 7. The van der Waals surface area contributed by atoms with Crippen LogP contribution in [0.3, 0.4) is 0 Å². The SMILES string of the molecule is CCNC(=NCc1ccc(N2CCCC2=O)cc1)NCc1ncc(-c2ccccc2)[nH]1.I. The number of carbonyl (C=O) groups is 1. The molecule has 0 unspecified atom stereocenters. The van der Waals surface area contributed by atoms with Crippen LogP contribution in [0.15, 0.2) is 65.8 Å². The number of hydrogen-bond donors (Lipinski definition) is 3. The average Bonchev–Trinajstić information content (AvgIpc) is 3.46. The van der Waals surface area contributed by atoms with Crippen LogP contribution in [0, 0.1) is 0 Å². The van der Waals surface area contributed by atoms with Crippen LogP contribution in [0.25, 0.3) is 11.3 Å². The number of H-pyrrole nitrogens is 1. The molecule has 1 amide bonds. The molecule has 4 rings (SSSR count). The fourth-order valence-corrected chi connectivity index (χ4v) is 3.60. The summed E-state index contributed by atoms with van der Waals surface area (Å²) in [5.74, 6) is 1.79. The van der Waals surface area contributed by atoms with Crippen molar-refractivity contribution in [3.63, 3.8) is 0 Å². The smallest absolute Gasteiger partial charge is 0.227 e. The number of nitrogens with zero attached hydrogens (tertiary/aromatic N) is 3. The lowest BCUT2D eigenvalue weighted by Gasteiger charge is -2.15. The van der Waals surface area contributed by atoms with Crippen LogP contribution in [0.5, 0.6) is 0 Å². The lowest BCUT2D eigenvalue weighted by molar-refractivity contribution is -0.117. The van der Waals surface area contributed by atoms with Crippen molar-refractivity contribution < 1.29 is 4.79 Å². The average molecular weight is 544 g/mol. The highest BCUT2D eigenvalue weighted by atomic mass is 127. The van der Waals surface area contributed by atoms with E-state index in [1.165, 1.54) is 0 Å². The number of halogens is 1. The van der Waals surface area contributed by atoms with E-state index in [0.29, 0.717) is 19.5 Å². The molecule has 2 aromatic carbocycles. The van der Waals surface area contributed by atoms with Gasteiger partial charge in [0.15, 0.2) is 5.96 Å². The van der Waals surface area contributed by atoms with Crippen LogP contribution in [0.2, 0.25) is 0 Å². The second-order valence-corrected chi connectivity index (χ2v) is 7.47. The second-order valence-electron chi connectivity index (χ2n) is 7.47. The van der Waals surface area contributed by atoms with Crippen LogP contribution in [-0.4, -0.2) is 34.9 Å². The zero-order chi connectivity index (χ0) is 21.5. The number of guanidine groups is 1. The van der Waals surface area contributed by atoms with Crippen molar-refractivity contribution in [3.05, 3.63) is 72.2 Å². The van der Waals surface area contributed by atoms with Crippen molar-refractivity contribution in [1.29, 1.82) is 0 Å². The van der Waals surface area contributed by atoms with Gasteiger partial charge in [0.25, 0.3) is 0 Å². The Morgan fingerprint density at radius 1 is 1.12 bits per heavy atom. The molecule has 8 heteroatoms. The fraction of sp³-hybridized carbons (Fsp3) is 0.292. The summed E-state index contributed by atoms with van der Waals surface area (Å²) in [5.41, 5.74) is 4.17. The minimum Gasteiger partial charge on any atom is -0.357 e. The number of aromatic nitrogens is 2. The summed E-state index contributed by atoms with van der Waals surface area (Å²) < 4.78 is 0. The number of benzene rings is 2. The Labute approximate surface area is 205 Å². The Morgan fingerprint density at radius 3 is 2.59 bits per heavy atom. The summed E-state index contributed by atoms with van der Waals surface area (Å²) in [4.78, 5) is 26.2. The van der Waals surface area contributed by atoms with Gasteiger partial charge in [-0.05, 0) is 36.6 Å². The molecule has 0 radical (unpaired) electrons. The van der Waals surface area contributed by atoms with Crippen molar-refractivity contribution in [3.8, 4) is 11.3 Å². The number of aromatic amines is 1. The van der Waals surface area contributed by atoms with Crippen LogP contribution in [0.1, 0.15) is 31.2 Å². The molecule has 0 saturated carbocycles. The van der Waals surface area contributed by atoms with Gasteiger partial charge in [0, 0.05) is 25.2 Å². The lowest BCUT2D eigenvalue weighted by Crippen LogP contribution is -2.37. The zero-order valence-electron chi connectivity index (χ0n) is 18.2. The van der Waals surface area contributed by atoms with E-state index in [4.69, 9.17) is 0 Å². The number of nitrogens with one attached hydrogen (secondary N) is 3. The quantitative estimate of drug-likeness (QED) is 0.238. The van der Waals surface area contributed by atoms with Gasteiger partial charge in [-0.2, -0.15) is 0 Å². The molecular formula is C24H29IN6O. The first kappa shape index (κ1) is 23.8. The standard InChI is InChI=1S/C24H28N6O.HI/c1-2-25-24(28-17-22-26-16-21(29-22)19-7-4-3-5-8-19)27-15-18-10-12-20(13-11-18)30-14-6-9-23(30)31;/h3-5,7-8,10-13,16H,2,6,9,14-15,17H2,1H3,(H,26,29)(H2,25,27,28);1H. The highest BCUT2D eigenvalue weighted by Gasteiger charge is 2.21. The topological polar surface area (TPSA) is 85.4 Å². The molecule has 168 valence electrons. The summed E-state index contributed by atoms with van der Waals surface area (Å²) in [7, 11) is 0. The Morgan fingerprint density at radius 2 is 1.91 bits per heavy atom. The van der Waals surface area contributed by atoms with E-state index >= 15 is 0 Å². The van der Waals surface area contributed by atoms with E-state index in [1.807, 2.05) is 60.5 Å². The van der Waals surface area contributed by atoms with Gasteiger partial charge in [-0.15, -0.1) is 24.0 Å². The molecule has 7 nitrogen and oxygen atoms in total. The molecule has 1 aliphatic heterocycles. The molecule has 0 spiro atoms. The van der Waals surface area contributed by atoms with E-state index in [2.05, 4.69) is 37.7 Å². The minimum absolute atomic E-state index is 0. The first-order chi connectivity index (χ1) is 15.2. The molecule has 1 fully saturated rings. The van der Waals surface area contributed by atoms with Crippen molar-refractivity contribution >= 4 is 41.5 Å². The Hall–Kier alpha value is -2.88. The number of hydrogen-bond acceptors (Lipinski definition) is 3. The number of amides is 1. The lowest BCUT2D eigenvalue weighted by atomic mass is 10.2. The molecule has 1 saturated heterocycles. The second kappa shape index (κ2) is 11.7. The summed E-state index contributed by atoms with van der Waals surface area (Å²) >= 11 is 0. The molecule has 32 heavy (non-hydrogen) atoms. The summed E-state index contributed by atoms with van der Waals surface area (Å²) in [6.07, 6.45) is 3.43. The van der Waals surface area contributed by atoms with Gasteiger partial charge in [0.2, 0.25) is 5.91 Å². The maximum absolute atomic E-state index is 11.9. The van der Waals surface area contributed by atoms with Crippen molar-refractivity contribution in [1.82, 2.24) is 20.6 Å². The minimum atomic E-state index is 0. The molecule has 1 aromatic heterocycles. The molecule has 0 atom stereocenters. The molecule has 2 heterocycles. The molecule has 3 aromatic rings. The van der Waals surface area contributed by atoms with Gasteiger partial charge in [0.1, 0.15) is 5.82 Å². The maximum Gasteiger partial charge on any atom is 0.227 e. The van der Waals surface area contributed by atoms with Gasteiger partial charge in [0.05, 0.1) is 25.0 Å². The number of aliphatic imine (C=N–C) groups is 1. The first-order valence-corrected chi connectivity index (χ1v) is 10.7. The Bertz CT molecular complexity index is 1030. The van der Waals surface area contributed by atoms with Crippen molar-refractivity contribution in [2.24, 2.45) is 4.99 Å². The van der Waals surface area contributed by atoms with Gasteiger partial charge in [-0.25, -0.2) is 9.98 Å². The molecule has 1 aliphatic rings. The van der Waals surface area contributed by atoms with E-state index in [1.54, 1.807) is 0 Å².